The summed E-state index contributed by atoms with van der Waals surface area (Å²) < 4.78 is 7.51. The fourth-order valence-electron chi connectivity index (χ4n) is 12.0. The van der Waals surface area contributed by atoms with Gasteiger partial charge in [-0.25, -0.2) is 4.98 Å². The summed E-state index contributed by atoms with van der Waals surface area (Å²) in [5, 5.41) is 1.02. The van der Waals surface area contributed by atoms with Crippen molar-refractivity contribution in [1.29, 1.82) is 0 Å². The summed E-state index contributed by atoms with van der Waals surface area (Å²) in [6.07, 6.45) is 15.8. The number of hydrogen-bond donors (Lipinski definition) is 0. The fraction of sp³-hybridized carbons (Fsp3) is 0.617. The maximum Gasteiger partial charge on any atom is 0.306 e. The number of hydrogen-bond acceptors (Lipinski definition) is 6. The average molecular weight is 786 g/mol. The summed E-state index contributed by atoms with van der Waals surface area (Å²) in [7, 11) is 0. The molecule has 4 aliphatic carbocycles. The van der Waals surface area contributed by atoms with E-state index in [1.165, 1.54) is 61.5 Å². The Labute approximate surface area is 337 Å². The van der Waals surface area contributed by atoms with Crippen LogP contribution < -0.4 is 5.56 Å². The van der Waals surface area contributed by atoms with Crippen LogP contribution in [-0.4, -0.2) is 26.7 Å². The number of carbonyl (C=O) groups is 2. The molecule has 3 saturated carbocycles. The van der Waals surface area contributed by atoms with Gasteiger partial charge in [-0.15, -0.1) is 0 Å². The molecule has 8 heteroatoms. The monoisotopic (exact) mass is 784 g/mol. The Morgan fingerprint density at radius 1 is 0.964 bits per heavy atom. The summed E-state index contributed by atoms with van der Waals surface area (Å²) in [4.78, 5) is 44.7. The minimum absolute atomic E-state index is 0.000377. The molecule has 0 spiro atoms. The summed E-state index contributed by atoms with van der Waals surface area (Å²) in [5.74, 6) is 5.23. The lowest BCUT2D eigenvalue weighted by Crippen LogP contribution is -2.51. The number of allylic oxidation sites excluding steroid dienone is 1. The minimum atomic E-state index is -0.336. The van der Waals surface area contributed by atoms with Crippen LogP contribution in [0, 0.1) is 52.3 Å². The van der Waals surface area contributed by atoms with E-state index in [4.69, 9.17) is 16.3 Å². The molecule has 55 heavy (non-hydrogen) atoms. The van der Waals surface area contributed by atoms with Crippen LogP contribution in [0.25, 0.3) is 16.6 Å². The molecule has 3 aromatic rings. The number of aromatic nitrogens is 2. The lowest BCUT2D eigenvalue weighted by Gasteiger charge is -2.58. The molecule has 0 saturated heterocycles. The SMILES string of the molecule is CC[C@H](CC[C@@H](C)[C@H]1CC[C@H]2[C@@H]3CC=C4C[C@@H](OC(=O)CCC(=O)Sc5nc6ccccc6c(=O)n5-c5ccc(Cl)cc5)CC[C@]4(C)[C@H]3CC[C@]12C)C(C)C. The van der Waals surface area contributed by atoms with Crippen LogP contribution >= 0.6 is 23.4 Å². The predicted octanol–water partition coefficient (Wildman–Crippen LogP) is 12.0. The number of halogens is 1. The summed E-state index contributed by atoms with van der Waals surface area (Å²) >= 11 is 7.00. The Morgan fingerprint density at radius 3 is 2.47 bits per heavy atom. The minimum Gasteiger partial charge on any atom is -0.462 e. The first-order valence-electron chi connectivity index (χ1n) is 21.2. The lowest BCUT2D eigenvalue weighted by atomic mass is 9.47. The van der Waals surface area contributed by atoms with E-state index in [0.29, 0.717) is 32.9 Å². The van der Waals surface area contributed by atoms with Crippen LogP contribution in [0.4, 0.5) is 0 Å². The van der Waals surface area contributed by atoms with Gasteiger partial charge in [-0.1, -0.05) is 89.8 Å². The van der Waals surface area contributed by atoms with E-state index < -0.39 is 0 Å². The normalized spacial score (nSPS) is 29.9. The van der Waals surface area contributed by atoms with Gasteiger partial charge in [-0.2, -0.15) is 0 Å². The van der Waals surface area contributed by atoms with Crippen LogP contribution in [0.2, 0.25) is 5.02 Å². The van der Waals surface area contributed by atoms with Gasteiger partial charge in [0, 0.05) is 17.9 Å². The van der Waals surface area contributed by atoms with E-state index in [1.54, 1.807) is 42.5 Å². The van der Waals surface area contributed by atoms with E-state index in [2.05, 4.69) is 52.6 Å². The van der Waals surface area contributed by atoms with Crippen molar-refractivity contribution in [3.8, 4) is 5.69 Å². The van der Waals surface area contributed by atoms with Crippen LogP contribution in [-0.2, 0) is 14.3 Å². The first-order chi connectivity index (χ1) is 26.3. The molecule has 0 radical (unpaired) electrons. The van der Waals surface area contributed by atoms with Crippen molar-refractivity contribution in [3.63, 3.8) is 0 Å². The maximum absolute atomic E-state index is 13.6. The molecule has 2 aromatic carbocycles. The number of nitrogens with zero attached hydrogens (tertiary/aromatic N) is 2. The number of fused-ring (bicyclic) bond motifs is 6. The van der Waals surface area contributed by atoms with E-state index in [0.717, 1.165) is 66.5 Å². The number of para-hydroxylation sites is 1. The van der Waals surface area contributed by atoms with Gasteiger partial charge in [0.2, 0.25) is 0 Å². The number of rotatable bonds is 12. The lowest BCUT2D eigenvalue weighted by molar-refractivity contribution is -0.152. The van der Waals surface area contributed by atoms with E-state index >= 15 is 0 Å². The highest BCUT2D eigenvalue weighted by atomic mass is 35.5. The highest BCUT2D eigenvalue weighted by Gasteiger charge is 2.59. The van der Waals surface area contributed by atoms with Crippen molar-refractivity contribution < 1.29 is 14.3 Å². The van der Waals surface area contributed by atoms with Gasteiger partial charge in [0.1, 0.15) is 6.10 Å². The Kier molecular flexibility index (Phi) is 12.1. The quantitative estimate of drug-likeness (QED) is 0.0787. The van der Waals surface area contributed by atoms with Gasteiger partial charge in [0.05, 0.1) is 23.0 Å². The number of esters is 1. The fourth-order valence-corrected chi connectivity index (χ4v) is 12.9. The van der Waals surface area contributed by atoms with Gasteiger partial charge in [-0.3, -0.25) is 19.0 Å². The molecule has 1 heterocycles. The standard InChI is InChI=1S/C47H61ClN2O4S/c1-7-31(29(2)3)13-12-30(4)38-20-21-39-36-19-14-32-28-35(24-26-46(32,5)40(36)25-27-47(38,39)6)54-42(51)22-23-43(52)55-45-49-41-11-9-8-10-37(41)44(53)50(45)34-17-15-33(48)16-18-34/h8-11,14-18,29-31,35-36,38-40H,7,12-13,19-28H2,1-6H3/t30-,31-,35+,36+,38-,39+,40+,46+,47-/m1/s1. The first kappa shape index (κ1) is 40.3. The number of carbonyl (C=O) groups excluding carboxylic acids is 2. The highest BCUT2D eigenvalue weighted by molar-refractivity contribution is 8.13. The van der Waals surface area contributed by atoms with Gasteiger partial charge in [0.15, 0.2) is 10.3 Å². The Morgan fingerprint density at radius 2 is 1.73 bits per heavy atom. The maximum atomic E-state index is 13.6. The van der Waals surface area contributed by atoms with Crippen molar-refractivity contribution in [2.24, 2.45) is 52.3 Å². The smallest absolute Gasteiger partial charge is 0.306 e. The molecule has 296 valence electrons. The molecule has 0 bridgehead atoms. The van der Waals surface area contributed by atoms with Crippen LogP contribution in [0.3, 0.4) is 0 Å². The number of thioether (sulfide) groups is 1. The molecule has 1 aromatic heterocycles. The summed E-state index contributed by atoms with van der Waals surface area (Å²) in [6, 6.07) is 14.0. The molecule has 3 fully saturated rings. The topological polar surface area (TPSA) is 78.3 Å². The zero-order valence-corrected chi connectivity index (χ0v) is 35.4. The van der Waals surface area contributed by atoms with Gasteiger partial charge >= 0.3 is 5.97 Å². The summed E-state index contributed by atoms with van der Waals surface area (Å²) in [5.41, 5.74) is 2.96. The number of benzene rings is 2. The third kappa shape index (κ3) is 8.00. The van der Waals surface area contributed by atoms with Crippen molar-refractivity contribution in [2.45, 2.75) is 136 Å². The molecule has 0 unspecified atom stereocenters. The third-order valence-electron chi connectivity index (χ3n) is 15.1. The molecule has 0 aliphatic heterocycles. The van der Waals surface area contributed by atoms with Crippen molar-refractivity contribution in [2.75, 3.05) is 0 Å². The van der Waals surface area contributed by atoms with Gasteiger partial charge < -0.3 is 4.74 Å². The predicted molar refractivity (Wildman–Crippen MR) is 225 cm³/mol. The van der Waals surface area contributed by atoms with Crippen molar-refractivity contribution in [3.05, 3.63) is 75.6 Å². The molecular weight excluding hydrogens is 724 g/mol. The molecule has 0 N–H and O–H groups in total. The van der Waals surface area contributed by atoms with Crippen LogP contribution in [0.1, 0.15) is 125 Å². The first-order valence-corrected chi connectivity index (χ1v) is 22.4. The molecule has 4 aliphatic rings. The second-order valence-corrected chi connectivity index (χ2v) is 19.8. The van der Waals surface area contributed by atoms with E-state index in [-0.39, 0.29) is 46.2 Å². The van der Waals surface area contributed by atoms with Gasteiger partial charge in [0.25, 0.3) is 5.56 Å². The Balaban J connectivity index is 0.951. The van der Waals surface area contributed by atoms with Crippen molar-refractivity contribution in [1.82, 2.24) is 9.55 Å². The number of ether oxygens (including phenoxy) is 1. The van der Waals surface area contributed by atoms with Gasteiger partial charge in [-0.05, 0) is 152 Å². The highest BCUT2D eigenvalue weighted by Crippen LogP contribution is 2.67. The Bertz CT molecular complexity index is 1970. The molecule has 6 nitrogen and oxygen atoms in total. The Hall–Kier alpha value is -2.90. The summed E-state index contributed by atoms with van der Waals surface area (Å²) in [6.45, 7) is 14.9. The largest absolute Gasteiger partial charge is 0.462 e. The van der Waals surface area contributed by atoms with Crippen LogP contribution in [0.5, 0.6) is 0 Å². The molecular formula is C47H61ClN2O4S. The van der Waals surface area contributed by atoms with Crippen molar-refractivity contribution >= 4 is 45.4 Å². The molecule has 9 atom stereocenters. The molecule has 7 rings (SSSR count). The van der Waals surface area contributed by atoms with E-state index in [1.807, 2.05) is 6.07 Å². The van der Waals surface area contributed by atoms with Crippen LogP contribution in [0.15, 0.2) is 70.1 Å². The average Bonchev–Trinajstić information content (AvgIpc) is 3.52. The van der Waals surface area contributed by atoms with E-state index in [9.17, 15) is 14.4 Å². The second kappa shape index (κ2) is 16.5. The second-order valence-electron chi connectivity index (χ2n) is 18.3. The zero-order valence-electron chi connectivity index (χ0n) is 33.8. The zero-order chi connectivity index (χ0) is 39.1. The third-order valence-corrected chi connectivity index (χ3v) is 16.3. The molecule has 0 amide bonds.